The molecule has 0 radical (unpaired) electrons. The molecule has 0 saturated carbocycles. The van der Waals surface area contributed by atoms with Gasteiger partial charge in [0.2, 0.25) is 5.91 Å². The van der Waals surface area contributed by atoms with Crippen molar-refractivity contribution in [2.75, 3.05) is 33.2 Å². The van der Waals surface area contributed by atoms with E-state index in [0.29, 0.717) is 5.91 Å². The van der Waals surface area contributed by atoms with Crippen LogP contribution in [0.4, 0.5) is 0 Å². The Hall–Kier alpha value is -0.570. The SMILES string of the molecule is CC(C)CN(C)CCC1CCN(C(=O)C(C)(C)C)CC1. The molecule has 0 aliphatic carbocycles. The summed E-state index contributed by atoms with van der Waals surface area (Å²) in [7, 11) is 2.22. The Balaban J connectivity index is 2.27. The van der Waals surface area contributed by atoms with Crippen LogP contribution < -0.4 is 0 Å². The topological polar surface area (TPSA) is 23.6 Å². The van der Waals surface area contributed by atoms with E-state index in [9.17, 15) is 4.79 Å². The average Bonchev–Trinajstić information content (AvgIpc) is 2.34. The molecule has 0 bridgehead atoms. The summed E-state index contributed by atoms with van der Waals surface area (Å²) in [6.07, 6.45) is 3.63. The van der Waals surface area contributed by atoms with E-state index in [1.165, 1.54) is 32.4 Å². The van der Waals surface area contributed by atoms with E-state index >= 15 is 0 Å². The van der Waals surface area contributed by atoms with Crippen LogP contribution in [-0.4, -0.2) is 48.9 Å². The first kappa shape index (κ1) is 17.5. The van der Waals surface area contributed by atoms with E-state index in [4.69, 9.17) is 0 Å². The van der Waals surface area contributed by atoms with Gasteiger partial charge >= 0.3 is 0 Å². The highest BCUT2D eigenvalue weighted by Crippen LogP contribution is 2.25. The van der Waals surface area contributed by atoms with Gasteiger partial charge < -0.3 is 9.80 Å². The zero-order valence-electron chi connectivity index (χ0n) is 14.4. The third kappa shape index (κ3) is 5.82. The van der Waals surface area contributed by atoms with E-state index in [0.717, 1.165) is 24.9 Å². The number of rotatable bonds is 5. The number of carbonyl (C=O) groups excluding carboxylic acids is 1. The fourth-order valence-electron chi connectivity index (χ4n) is 3.02. The van der Waals surface area contributed by atoms with E-state index < -0.39 is 0 Å². The lowest BCUT2D eigenvalue weighted by Crippen LogP contribution is -2.44. The smallest absolute Gasteiger partial charge is 0.227 e. The molecule has 0 unspecified atom stereocenters. The third-order valence-electron chi connectivity index (χ3n) is 4.14. The van der Waals surface area contributed by atoms with Crippen LogP contribution in [0.25, 0.3) is 0 Å². The van der Waals surface area contributed by atoms with Crippen molar-refractivity contribution >= 4 is 5.91 Å². The molecule has 0 aromatic carbocycles. The first-order valence-corrected chi connectivity index (χ1v) is 8.18. The molecular weight excluding hydrogens is 248 g/mol. The number of hydrogen-bond acceptors (Lipinski definition) is 2. The Bertz CT molecular complexity index is 299. The molecule has 1 aliphatic heterocycles. The Morgan fingerprint density at radius 2 is 1.80 bits per heavy atom. The molecule has 1 rings (SSSR count). The second kappa shape index (κ2) is 7.44. The summed E-state index contributed by atoms with van der Waals surface area (Å²) in [5, 5.41) is 0. The maximum atomic E-state index is 12.2. The lowest BCUT2D eigenvalue weighted by molar-refractivity contribution is -0.140. The second-order valence-corrected chi connectivity index (χ2v) is 7.93. The molecule has 0 aromatic heterocycles. The summed E-state index contributed by atoms with van der Waals surface area (Å²) in [5.74, 6) is 1.85. The minimum absolute atomic E-state index is 0.232. The van der Waals surface area contributed by atoms with Crippen molar-refractivity contribution in [3.8, 4) is 0 Å². The standard InChI is InChI=1S/C17H34N2O/c1-14(2)13-18(6)10-7-15-8-11-19(12-9-15)16(20)17(3,4)5/h14-15H,7-13H2,1-6H3. The fourth-order valence-corrected chi connectivity index (χ4v) is 3.02. The van der Waals surface area contributed by atoms with Crippen molar-refractivity contribution in [1.29, 1.82) is 0 Å². The first-order valence-electron chi connectivity index (χ1n) is 8.18. The molecule has 1 amide bonds. The van der Waals surface area contributed by atoms with Gasteiger partial charge in [0.15, 0.2) is 0 Å². The van der Waals surface area contributed by atoms with E-state index in [-0.39, 0.29) is 5.41 Å². The third-order valence-corrected chi connectivity index (χ3v) is 4.14. The molecular formula is C17H34N2O. The normalized spacial score (nSPS) is 18.1. The Morgan fingerprint density at radius 1 is 1.25 bits per heavy atom. The summed E-state index contributed by atoms with van der Waals surface area (Å²) in [6, 6.07) is 0. The summed E-state index contributed by atoms with van der Waals surface area (Å²) < 4.78 is 0. The van der Waals surface area contributed by atoms with Crippen LogP contribution in [0.15, 0.2) is 0 Å². The highest BCUT2D eigenvalue weighted by molar-refractivity contribution is 5.81. The van der Waals surface area contributed by atoms with Gasteiger partial charge in [-0.2, -0.15) is 0 Å². The molecule has 3 nitrogen and oxygen atoms in total. The van der Waals surface area contributed by atoms with Crippen molar-refractivity contribution < 1.29 is 4.79 Å². The van der Waals surface area contributed by atoms with Gasteiger partial charge in [-0.3, -0.25) is 4.79 Å². The number of likely N-dealkylation sites (tertiary alicyclic amines) is 1. The largest absolute Gasteiger partial charge is 0.342 e. The van der Waals surface area contributed by atoms with Gasteiger partial charge in [0.25, 0.3) is 0 Å². The van der Waals surface area contributed by atoms with Gasteiger partial charge in [0.05, 0.1) is 0 Å². The number of amides is 1. The minimum atomic E-state index is -0.232. The van der Waals surface area contributed by atoms with Gasteiger partial charge in [0, 0.05) is 25.0 Å². The Labute approximate surface area is 125 Å². The highest BCUT2D eigenvalue weighted by atomic mass is 16.2. The maximum Gasteiger partial charge on any atom is 0.227 e. The molecule has 0 N–H and O–H groups in total. The van der Waals surface area contributed by atoms with Crippen LogP contribution in [0, 0.1) is 17.3 Å². The Morgan fingerprint density at radius 3 is 2.25 bits per heavy atom. The Kier molecular flexibility index (Phi) is 6.50. The van der Waals surface area contributed by atoms with Crippen LogP contribution >= 0.6 is 0 Å². The zero-order valence-corrected chi connectivity index (χ0v) is 14.4. The van der Waals surface area contributed by atoms with Crippen molar-refractivity contribution in [2.24, 2.45) is 17.3 Å². The lowest BCUT2D eigenvalue weighted by atomic mass is 9.89. The summed E-state index contributed by atoms with van der Waals surface area (Å²) >= 11 is 0. The lowest BCUT2D eigenvalue weighted by Gasteiger charge is -2.36. The van der Waals surface area contributed by atoms with E-state index in [2.05, 4.69) is 30.7 Å². The predicted molar refractivity (Wildman–Crippen MR) is 85.7 cm³/mol. The quantitative estimate of drug-likeness (QED) is 0.773. The fraction of sp³-hybridized carbons (Fsp3) is 0.941. The summed E-state index contributed by atoms with van der Waals surface area (Å²) in [6.45, 7) is 14.9. The van der Waals surface area contributed by atoms with Gasteiger partial charge in [-0.25, -0.2) is 0 Å². The predicted octanol–water partition coefficient (Wildman–Crippen LogP) is 3.25. The summed E-state index contributed by atoms with van der Waals surface area (Å²) in [4.78, 5) is 16.7. The molecule has 1 heterocycles. The molecule has 1 saturated heterocycles. The van der Waals surface area contributed by atoms with E-state index in [1.54, 1.807) is 0 Å². The van der Waals surface area contributed by atoms with Gasteiger partial charge in [0.1, 0.15) is 0 Å². The van der Waals surface area contributed by atoms with Gasteiger partial charge in [-0.05, 0) is 44.7 Å². The minimum Gasteiger partial charge on any atom is -0.342 e. The average molecular weight is 282 g/mol. The van der Waals surface area contributed by atoms with Crippen molar-refractivity contribution in [2.45, 2.75) is 53.9 Å². The van der Waals surface area contributed by atoms with Crippen LogP contribution in [0.2, 0.25) is 0 Å². The molecule has 1 aliphatic rings. The van der Waals surface area contributed by atoms with Gasteiger partial charge in [-0.1, -0.05) is 34.6 Å². The molecule has 1 fully saturated rings. The molecule has 3 heteroatoms. The number of piperidine rings is 1. The zero-order chi connectivity index (χ0) is 15.3. The first-order chi connectivity index (χ1) is 9.20. The molecule has 0 aromatic rings. The van der Waals surface area contributed by atoms with Crippen LogP contribution in [0.1, 0.15) is 53.9 Å². The highest BCUT2D eigenvalue weighted by Gasteiger charge is 2.30. The van der Waals surface area contributed by atoms with Crippen LogP contribution in [-0.2, 0) is 4.79 Å². The van der Waals surface area contributed by atoms with Crippen molar-refractivity contribution in [1.82, 2.24) is 9.80 Å². The molecule has 20 heavy (non-hydrogen) atoms. The molecule has 118 valence electrons. The van der Waals surface area contributed by atoms with Gasteiger partial charge in [-0.15, -0.1) is 0 Å². The number of nitrogens with zero attached hydrogens (tertiary/aromatic N) is 2. The van der Waals surface area contributed by atoms with E-state index in [1.807, 2.05) is 20.8 Å². The van der Waals surface area contributed by atoms with Crippen molar-refractivity contribution in [3.05, 3.63) is 0 Å². The monoisotopic (exact) mass is 282 g/mol. The number of carbonyl (C=O) groups is 1. The van der Waals surface area contributed by atoms with Crippen LogP contribution in [0.5, 0.6) is 0 Å². The van der Waals surface area contributed by atoms with Crippen LogP contribution in [0.3, 0.4) is 0 Å². The second-order valence-electron chi connectivity index (χ2n) is 7.93. The molecule has 0 atom stereocenters. The number of hydrogen-bond donors (Lipinski definition) is 0. The molecule has 0 spiro atoms. The van der Waals surface area contributed by atoms with Crippen molar-refractivity contribution in [3.63, 3.8) is 0 Å². The maximum absolute atomic E-state index is 12.2. The summed E-state index contributed by atoms with van der Waals surface area (Å²) in [5.41, 5.74) is -0.232.